The number of ether oxygens (including phenoxy) is 1. The highest BCUT2D eigenvalue weighted by Crippen LogP contribution is 2.21. The molecule has 1 atom stereocenters. The maximum atomic E-state index is 12.0. The first kappa shape index (κ1) is 17.1. The van der Waals surface area contributed by atoms with E-state index < -0.39 is 0 Å². The summed E-state index contributed by atoms with van der Waals surface area (Å²) in [5, 5.41) is 11.0. The van der Waals surface area contributed by atoms with Crippen molar-refractivity contribution in [2.75, 3.05) is 19.7 Å². The number of hydrogen-bond donors (Lipinski definition) is 0. The molecule has 0 spiro atoms. The Morgan fingerprint density at radius 3 is 2.96 bits per heavy atom. The van der Waals surface area contributed by atoms with E-state index in [0.29, 0.717) is 18.7 Å². The van der Waals surface area contributed by atoms with E-state index in [9.17, 15) is 14.9 Å². The van der Waals surface area contributed by atoms with Gasteiger partial charge in [0.05, 0.1) is 17.1 Å². The van der Waals surface area contributed by atoms with Crippen LogP contribution in [0, 0.1) is 10.1 Å². The number of nitro benzene ring substituents is 1. The van der Waals surface area contributed by atoms with Crippen LogP contribution in [0.15, 0.2) is 30.3 Å². The van der Waals surface area contributed by atoms with Gasteiger partial charge in [0.2, 0.25) is 0 Å². The molecule has 0 N–H and O–H groups in total. The Balaban J connectivity index is 2.03. The van der Waals surface area contributed by atoms with Gasteiger partial charge < -0.3 is 4.74 Å². The summed E-state index contributed by atoms with van der Waals surface area (Å²) in [5.41, 5.74) is 0.659. The van der Waals surface area contributed by atoms with Crippen molar-refractivity contribution in [1.82, 2.24) is 4.90 Å². The van der Waals surface area contributed by atoms with Gasteiger partial charge >= 0.3 is 5.97 Å². The minimum absolute atomic E-state index is 0.0873. The molecule has 1 fully saturated rings. The van der Waals surface area contributed by atoms with E-state index >= 15 is 0 Å². The van der Waals surface area contributed by atoms with Crippen molar-refractivity contribution in [3.8, 4) is 0 Å². The summed E-state index contributed by atoms with van der Waals surface area (Å²) in [4.78, 5) is 24.7. The lowest BCUT2D eigenvalue weighted by Gasteiger charge is -2.33. The third-order valence-corrected chi connectivity index (χ3v) is 3.94. The lowest BCUT2D eigenvalue weighted by molar-refractivity contribution is -0.385. The Labute approximate surface area is 135 Å². The van der Waals surface area contributed by atoms with Crippen LogP contribution in [0.1, 0.15) is 31.7 Å². The van der Waals surface area contributed by atoms with Gasteiger partial charge in [-0.3, -0.25) is 19.8 Å². The minimum atomic E-state index is -0.387. The topological polar surface area (TPSA) is 72.7 Å². The van der Waals surface area contributed by atoms with Gasteiger partial charge in [0.25, 0.3) is 5.69 Å². The lowest BCUT2D eigenvalue weighted by atomic mass is 10.0. The van der Waals surface area contributed by atoms with Gasteiger partial charge in [0, 0.05) is 12.6 Å². The van der Waals surface area contributed by atoms with Crippen LogP contribution in [-0.4, -0.2) is 41.5 Å². The summed E-state index contributed by atoms with van der Waals surface area (Å²) in [6.45, 7) is 3.61. The van der Waals surface area contributed by atoms with E-state index in [1.165, 1.54) is 6.07 Å². The molecule has 6 heteroatoms. The molecule has 0 radical (unpaired) electrons. The van der Waals surface area contributed by atoms with Gasteiger partial charge in [-0.1, -0.05) is 30.7 Å². The number of carbonyl (C=O) groups excluding carboxylic acids is 1. The van der Waals surface area contributed by atoms with E-state index in [0.717, 1.165) is 25.8 Å². The van der Waals surface area contributed by atoms with Crippen molar-refractivity contribution in [2.45, 2.75) is 32.2 Å². The molecule has 1 aromatic carbocycles. The van der Waals surface area contributed by atoms with E-state index in [-0.39, 0.29) is 22.6 Å². The molecule has 6 nitrogen and oxygen atoms in total. The molecule has 1 aliphatic rings. The number of para-hydroxylation sites is 1. The number of carbonyl (C=O) groups is 1. The van der Waals surface area contributed by atoms with Crippen molar-refractivity contribution < 1.29 is 14.5 Å². The van der Waals surface area contributed by atoms with E-state index in [4.69, 9.17) is 4.74 Å². The van der Waals surface area contributed by atoms with Gasteiger partial charge in [-0.15, -0.1) is 0 Å². The zero-order valence-corrected chi connectivity index (χ0v) is 13.3. The molecule has 1 saturated heterocycles. The Hall–Kier alpha value is -2.21. The van der Waals surface area contributed by atoms with E-state index in [1.807, 2.05) is 6.08 Å². The first-order chi connectivity index (χ1) is 11.1. The molecule has 124 valence electrons. The molecule has 23 heavy (non-hydrogen) atoms. The Morgan fingerprint density at radius 2 is 2.22 bits per heavy atom. The summed E-state index contributed by atoms with van der Waals surface area (Å²) in [7, 11) is 0. The highest BCUT2D eigenvalue weighted by Gasteiger charge is 2.28. The number of piperidine rings is 1. The highest BCUT2D eigenvalue weighted by atomic mass is 16.6. The molecule has 0 aliphatic carbocycles. The zero-order valence-electron chi connectivity index (χ0n) is 13.3. The molecule has 0 saturated carbocycles. The van der Waals surface area contributed by atoms with Crippen LogP contribution in [0.5, 0.6) is 0 Å². The van der Waals surface area contributed by atoms with Crippen LogP contribution < -0.4 is 0 Å². The van der Waals surface area contributed by atoms with Gasteiger partial charge in [0.1, 0.15) is 6.04 Å². The monoisotopic (exact) mass is 318 g/mol. The zero-order chi connectivity index (χ0) is 16.7. The Morgan fingerprint density at radius 1 is 1.43 bits per heavy atom. The molecule has 2 rings (SSSR count). The van der Waals surface area contributed by atoms with Crippen molar-refractivity contribution in [1.29, 1.82) is 0 Å². The van der Waals surface area contributed by atoms with Crippen molar-refractivity contribution in [3.63, 3.8) is 0 Å². The van der Waals surface area contributed by atoms with Crippen LogP contribution in [0.25, 0.3) is 6.08 Å². The van der Waals surface area contributed by atoms with Crippen LogP contribution in [0.4, 0.5) is 5.69 Å². The molecule has 0 amide bonds. The number of nitro groups is 1. The molecular weight excluding hydrogens is 296 g/mol. The van der Waals surface area contributed by atoms with Crippen LogP contribution in [0.3, 0.4) is 0 Å². The molecular formula is C17H22N2O4. The normalized spacial score (nSPS) is 18.9. The molecule has 1 aliphatic heterocycles. The number of esters is 1. The van der Waals surface area contributed by atoms with Gasteiger partial charge in [-0.2, -0.15) is 0 Å². The molecule has 1 heterocycles. The number of nitrogens with zero attached hydrogens (tertiary/aromatic N) is 2. The summed E-state index contributed by atoms with van der Waals surface area (Å²) in [5.74, 6) is -0.175. The quantitative estimate of drug-likeness (QED) is 0.458. The summed E-state index contributed by atoms with van der Waals surface area (Å²) < 4.78 is 5.13. The fourth-order valence-electron chi connectivity index (χ4n) is 2.82. The summed E-state index contributed by atoms with van der Waals surface area (Å²) in [6, 6.07) is 6.42. The second-order valence-corrected chi connectivity index (χ2v) is 5.48. The predicted octanol–water partition coefficient (Wildman–Crippen LogP) is 3.03. The molecule has 1 aromatic rings. The maximum Gasteiger partial charge on any atom is 0.323 e. The van der Waals surface area contributed by atoms with Crippen molar-refractivity contribution in [2.24, 2.45) is 0 Å². The van der Waals surface area contributed by atoms with Gasteiger partial charge in [0.15, 0.2) is 0 Å². The highest BCUT2D eigenvalue weighted by molar-refractivity contribution is 5.76. The van der Waals surface area contributed by atoms with E-state index in [1.54, 1.807) is 31.2 Å². The number of benzene rings is 1. The minimum Gasteiger partial charge on any atom is -0.465 e. The second kappa shape index (κ2) is 8.43. The SMILES string of the molecule is CCOC(=O)[C@H]1CCCCN1C/C=C/c1ccccc1[N+](=O)[O-]. The molecule has 0 aromatic heterocycles. The third kappa shape index (κ3) is 4.63. The average molecular weight is 318 g/mol. The van der Waals surface area contributed by atoms with Crippen LogP contribution in [0.2, 0.25) is 0 Å². The van der Waals surface area contributed by atoms with Crippen molar-refractivity contribution in [3.05, 3.63) is 46.0 Å². The first-order valence-corrected chi connectivity index (χ1v) is 7.94. The first-order valence-electron chi connectivity index (χ1n) is 7.94. The van der Waals surface area contributed by atoms with Crippen LogP contribution in [-0.2, 0) is 9.53 Å². The Bertz CT molecular complexity index is 586. The number of likely N-dealkylation sites (tertiary alicyclic amines) is 1. The number of rotatable bonds is 6. The fraction of sp³-hybridized carbons (Fsp3) is 0.471. The molecule has 0 bridgehead atoms. The second-order valence-electron chi connectivity index (χ2n) is 5.48. The largest absolute Gasteiger partial charge is 0.465 e. The fourth-order valence-corrected chi connectivity index (χ4v) is 2.82. The third-order valence-electron chi connectivity index (χ3n) is 3.94. The average Bonchev–Trinajstić information content (AvgIpc) is 2.56. The standard InChI is InChI=1S/C17H22N2O4/c1-2-23-17(20)16-11-5-6-12-18(16)13-7-9-14-8-3-4-10-15(14)19(21)22/h3-4,7-10,16H,2,5-6,11-13H2,1H3/b9-7+/t16-/m1/s1. The maximum absolute atomic E-state index is 12.0. The summed E-state index contributed by atoms with van der Waals surface area (Å²) >= 11 is 0. The number of hydrogen-bond acceptors (Lipinski definition) is 5. The van der Waals surface area contributed by atoms with Crippen molar-refractivity contribution >= 4 is 17.7 Å². The lowest BCUT2D eigenvalue weighted by Crippen LogP contribution is -2.45. The molecule has 0 unspecified atom stereocenters. The van der Waals surface area contributed by atoms with E-state index in [2.05, 4.69) is 4.90 Å². The van der Waals surface area contributed by atoms with Gasteiger partial charge in [-0.05, 0) is 32.4 Å². The Kier molecular flexibility index (Phi) is 6.29. The van der Waals surface area contributed by atoms with Gasteiger partial charge in [-0.25, -0.2) is 0 Å². The predicted molar refractivity (Wildman–Crippen MR) is 88.0 cm³/mol. The summed E-state index contributed by atoms with van der Waals surface area (Å²) in [6.07, 6.45) is 6.50. The van der Waals surface area contributed by atoms with Crippen LogP contribution >= 0.6 is 0 Å². The smallest absolute Gasteiger partial charge is 0.323 e.